The minimum absolute atomic E-state index is 0.0358. The zero-order valence-corrected chi connectivity index (χ0v) is 17.8. The summed E-state index contributed by atoms with van der Waals surface area (Å²) in [7, 11) is -2.41. The van der Waals surface area contributed by atoms with Crippen molar-refractivity contribution in [2.45, 2.75) is 24.8 Å². The molecule has 0 fully saturated rings. The molecule has 9 heteroatoms. The number of rotatable bonds is 9. The van der Waals surface area contributed by atoms with Gasteiger partial charge in [-0.1, -0.05) is 48.9 Å². The fraction of sp³-hybridized carbons (Fsp3) is 0.300. The molecule has 2 aromatic carbocycles. The molecule has 2 aromatic rings. The van der Waals surface area contributed by atoms with Crippen molar-refractivity contribution in [2.24, 2.45) is 0 Å². The summed E-state index contributed by atoms with van der Waals surface area (Å²) in [4.78, 5) is 23.8. The van der Waals surface area contributed by atoms with Gasteiger partial charge in [-0.05, 0) is 30.2 Å². The van der Waals surface area contributed by atoms with Crippen LogP contribution in [0.1, 0.15) is 29.3 Å². The molecule has 0 unspecified atom stereocenters. The highest BCUT2D eigenvalue weighted by atomic mass is 35.5. The van der Waals surface area contributed by atoms with E-state index in [4.69, 9.17) is 16.3 Å². The first-order chi connectivity index (χ1) is 13.8. The van der Waals surface area contributed by atoms with Gasteiger partial charge < -0.3 is 10.1 Å². The molecule has 0 spiro atoms. The van der Waals surface area contributed by atoms with Crippen molar-refractivity contribution >= 4 is 33.5 Å². The Bertz CT molecular complexity index is 964. The Hall–Kier alpha value is -2.42. The molecule has 0 saturated carbocycles. The van der Waals surface area contributed by atoms with E-state index in [2.05, 4.69) is 5.32 Å². The third kappa shape index (κ3) is 6.28. The highest BCUT2D eigenvalue weighted by molar-refractivity contribution is 7.89. The quantitative estimate of drug-likeness (QED) is 0.607. The highest BCUT2D eigenvalue weighted by Gasteiger charge is 2.24. The van der Waals surface area contributed by atoms with Gasteiger partial charge in [0.05, 0.1) is 15.5 Å². The highest BCUT2D eigenvalue weighted by Crippen LogP contribution is 2.24. The molecule has 0 aliphatic rings. The second-order valence-electron chi connectivity index (χ2n) is 6.31. The van der Waals surface area contributed by atoms with Crippen molar-refractivity contribution in [3.63, 3.8) is 0 Å². The number of benzene rings is 2. The Balaban J connectivity index is 2.16. The standard InChI is InChI=1S/C20H23ClN2O5S/c1-3-11-22-19(24)14-28-20(25)17-12-16(9-10-18(17)21)29(26,27)23(2)13-15-7-5-4-6-8-15/h4-10,12H,3,11,13-14H2,1-2H3,(H,22,24). The van der Waals surface area contributed by atoms with Crippen LogP contribution in [0.15, 0.2) is 53.4 Å². The lowest BCUT2D eigenvalue weighted by atomic mass is 10.2. The van der Waals surface area contributed by atoms with Crippen LogP contribution in [0.5, 0.6) is 0 Å². The third-order valence-electron chi connectivity index (χ3n) is 4.02. The smallest absolute Gasteiger partial charge is 0.340 e. The number of carbonyl (C=O) groups is 2. The fourth-order valence-corrected chi connectivity index (χ4v) is 3.83. The molecule has 0 saturated heterocycles. The molecule has 29 heavy (non-hydrogen) atoms. The predicted octanol–water partition coefficient (Wildman–Crippen LogP) is 2.84. The summed E-state index contributed by atoms with van der Waals surface area (Å²) in [5.74, 6) is -1.31. The number of esters is 1. The summed E-state index contributed by atoms with van der Waals surface area (Å²) >= 11 is 6.04. The maximum Gasteiger partial charge on any atom is 0.340 e. The van der Waals surface area contributed by atoms with E-state index < -0.39 is 28.5 Å². The maximum absolute atomic E-state index is 12.9. The number of amides is 1. The number of sulfonamides is 1. The van der Waals surface area contributed by atoms with Gasteiger partial charge in [-0.3, -0.25) is 4.79 Å². The second kappa shape index (κ2) is 10.4. The van der Waals surface area contributed by atoms with E-state index in [1.165, 1.54) is 23.5 Å². The summed E-state index contributed by atoms with van der Waals surface area (Å²) in [5.41, 5.74) is 0.703. The topological polar surface area (TPSA) is 92.8 Å². The number of hydrogen-bond acceptors (Lipinski definition) is 5. The molecule has 0 aromatic heterocycles. The number of ether oxygens (including phenoxy) is 1. The van der Waals surface area contributed by atoms with E-state index in [1.54, 1.807) is 0 Å². The van der Waals surface area contributed by atoms with Crippen molar-refractivity contribution in [2.75, 3.05) is 20.2 Å². The van der Waals surface area contributed by atoms with Gasteiger partial charge in [-0.25, -0.2) is 13.2 Å². The van der Waals surface area contributed by atoms with Gasteiger partial charge in [-0.2, -0.15) is 4.31 Å². The van der Waals surface area contributed by atoms with Crippen molar-refractivity contribution < 1.29 is 22.7 Å². The molecular formula is C20H23ClN2O5S. The average Bonchev–Trinajstić information content (AvgIpc) is 2.71. The largest absolute Gasteiger partial charge is 0.452 e. The normalized spacial score (nSPS) is 11.3. The van der Waals surface area contributed by atoms with E-state index in [-0.39, 0.29) is 22.0 Å². The van der Waals surface area contributed by atoms with Crippen LogP contribution in [0.2, 0.25) is 5.02 Å². The monoisotopic (exact) mass is 438 g/mol. The molecule has 0 aliphatic heterocycles. The Labute approximate surface area is 175 Å². The Kier molecular flexibility index (Phi) is 8.19. The van der Waals surface area contributed by atoms with Crippen LogP contribution in [0.4, 0.5) is 0 Å². The summed E-state index contributed by atoms with van der Waals surface area (Å²) in [6.45, 7) is 2.06. The SMILES string of the molecule is CCCNC(=O)COC(=O)c1cc(S(=O)(=O)N(C)Cc2ccccc2)ccc1Cl. The molecule has 0 atom stereocenters. The minimum atomic E-state index is -3.87. The van der Waals surface area contributed by atoms with Crippen LogP contribution in [0, 0.1) is 0 Å². The molecule has 0 heterocycles. The van der Waals surface area contributed by atoms with Gasteiger partial charge in [0.25, 0.3) is 5.91 Å². The maximum atomic E-state index is 12.9. The van der Waals surface area contributed by atoms with Crippen LogP contribution in [0.3, 0.4) is 0 Å². The molecule has 7 nitrogen and oxygen atoms in total. The lowest BCUT2D eigenvalue weighted by molar-refractivity contribution is -0.124. The number of nitrogens with one attached hydrogen (secondary N) is 1. The Morgan fingerprint density at radius 3 is 2.48 bits per heavy atom. The van der Waals surface area contributed by atoms with Crippen LogP contribution < -0.4 is 5.32 Å². The zero-order valence-electron chi connectivity index (χ0n) is 16.2. The average molecular weight is 439 g/mol. The molecule has 0 radical (unpaired) electrons. The van der Waals surface area contributed by atoms with Crippen LogP contribution in [-0.4, -0.2) is 44.8 Å². The van der Waals surface area contributed by atoms with Crippen LogP contribution in [-0.2, 0) is 26.1 Å². The lowest BCUT2D eigenvalue weighted by Gasteiger charge is -2.18. The van der Waals surface area contributed by atoms with Crippen molar-refractivity contribution in [1.29, 1.82) is 0 Å². The van der Waals surface area contributed by atoms with Crippen molar-refractivity contribution in [1.82, 2.24) is 9.62 Å². The third-order valence-corrected chi connectivity index (χ3v) is 6.15. The first-order valence-electron chi connectivity index (χ1n) is 8.99. The first-order valence-corrected chi connectivity index (χ1v) is 10.8. The molecule has 2 rings (SSSR count). The Morgan fingerprint density at radius 1 is 1.14 bits per heavy atom. The summed E-state index contributed by atoms with van der Waals surface area (Å²) < 4.78 is 31.9. The van der Waals surface area contributed by atoms with E-state index in [1.807, 2.05) is 37.3 Å². The van der Waals surface area contributed by atoms with Crippen molar-refractivity contribution in [3.05, 3.63) is 64.7 Å². The number of halogens is 1. The number of hydrogen-bond donors (Lipinski definition) is 1. The van der Waals surface area contributed by atoms with E-state index >= 15 is 0 Å². The fourth-order valence-electron chi connectivity index (χ4n) is 2.45. The van der Waals surface area contributed by atoms with Gasteiger partial charge >= 0.3 is 5.97 Å². The summed E-state index contributed by atoms with van der Waals surface area (Å²) in [6.07, 6.45) is 0.752. The van der Waals surface area contributed by atoms with Gasteiger partial charge in [0.2, 0.25) is 10.0 Å². The van der Waals surface area contributed by atoms with Gasteiger partial charge in [0.1, 0.15) is 0 Å². The molecular weight excluding hydrogens is 416 g/mol. The lowest BCUT2D eigenvalue weighted by Crippen LogP contribution is -2.29. The van der Waals surface area contributed by atoms with Crippen LogP contribution in [0.25, 0.3) is 0 Å². The summed E-state index contributed by atoms with van der Waals surface area (Å²) in [5, 5.41) is 2.61. The van der Waals surface area contributed by atoms with Gasteiger partial charge in [-0.15, -0.1) is 0 Å². The zero-order chi connectivity index (χ0) is 21.4. The summed E-state index contributed by atoms with van der Waals surface area (Å²) in [6, 6.07) is 12.9. The van der Waals surface area contributed by atoms with Crippen molar-refractivity contribution in [3.8, 4) is 0 Å². The Morgan fingerprint density at radius 2 is 1.83 bits per heavy atom. The minimum Gasteiger partial charge on any atom is -0.452 e. The second-order valence-corrected chi connectivity index (χ2v) is 8.77. The molecule has 1 amide bonds. The van der Waals surface area contributed by atoms with Gasteiger partial charge in [0, 0.05) is 20.1 Å². The predicted molar refractivity (Wildman–Crippen MR) is 110 cm³/mol. The van der Waals surface area contributed by atoms with Gasteiger partial charge in [0.15, 0.2) is 6.61 Å². The first kappa shape index (κ1) is 22.9. The van der Waals surface area contributed by atoms with E-state index in [0.717, 1.165) is 18.1 Å². The van der Waals surface area contributed by atoms with E-state index in [0.29, 0.717) is 6.54 Å². The molecule has 156 valence electrons. The number of nitrogens with zero attached hydrogens (tertiary/aromatic N) is 1. The van der Waals surface area contributed by atoms with E-state index in [9.17, 15) is 18.0 Å². The molecule has 0 bridgehead atoms. The van der Waals surface area contributed by atoms with Crippen LogP contribution >= 0.6 is 11.6 Å². The number of carbonyl (C=O) groups excluding carboxylic acids is 2. The molecule has 0 aliphatic carbocycles. The molecule has 1 N–H and O–H groups in total.